The van der Waals surface area contributed by atoms with Crippen LogP contribution in [0.25, 0.3) is 0 Å². The number of benzene rings is 2. The highest BCUT2D eigenvalue weighted by molar-refractivity contribution is 14.1. The van der Waals surface area contributed by atoms with Gasteiger partial charge in [-0.1, -0.05) is 11.8 Å². The second-order valence-electron chi connectivity index (χ2n) is 4.10. The van der Waals surface area contributed by atoms with Crippen molar-refractivity contribution in [3.05, 3.63) is 45.5 Å². The maximum atomic E-state index is 11.3. The lowest BCUT2D eigenvalue weighted by Gasteiger charge is -2.10. The lowest BCUT2D eigenvalue weighted by molar-refractivity contribution is 0.0693. The Hall–Kier alpha value is -1.41. The van der Waals surface area contributed by atoms with Crippen LogP contribution < -0.4 is 9.47 Å². The first-order valence-corrected chi connectivity index (χ1v) is 7.87. The van der Waals surface area contributed by atoms with Gasteiger partial charge in [-0.15, -0.1) is 0 Å². The van der Waals surface area contributed by atoms with Crippen LogP contribution in [-0.2, 0) is 0 Å². The van der Waals surface area contributed by atoms with E-state index in [0.29, 0.717) is 16.4 Å². The van der Waals surface area contributed by atoms with E-state index in [4.69, 9.17) is 9.47 Å². The van der Waals surface area contributed by atoms with Crippen molar-refractivity contribution in [2.24, 2.45) is 0 Å². The molecule has 0 bridgehead atoms. The van der Waals surface area contributed by atoms with Gasteiger partial charge in [-0.05, 0) is 52.9 Å². The van der Waals surface area contributed by atoms with Crippen molar-refractivity contribution in [1.29, 1.82) is 0 Å². The second kappa shape index (κ2) is 7.04. The molecule has 0 amide bonds. The number of halogens is 1. The van der Waals surface area contributed by atoms with Crippen LogP contribution in [0, 0.1) is 3.57 Å². The topological polar surface area (TPSA) is 55.8 Å². The van der Waals surface area contributed by atoms with Crippen LogP contribution >= 0.6 is 34.4 Å². The third-order valence-corrected chi connectivity index (χ3v) is 4.43. The average molecular weight is 416 g/mol. The number of carboxylic acid groups (broad SMARTS) is 1. The molecule has 2 rings (SSSR count). The highest BCUT2D eigenvalue weighted by Gasteiger charge is 2.13. The second-order valence-corrected chi connectivity index (χ2v) is 6.46. The molecule has 1 N–H and O–H groups in total. The summed E-state index contributed by atoms with van der Waals surface area (Å²) in [4.78, 5) is 12.8. The highest BCUT2D eigenvalue weighted by Crippen LogP contribution is 2.36. The molecule has 0 atom stereocenters. The third kappa shape index (κ3) is 4.04. The van der Waals surface area contributed by atoms with Gasteiger partial charge in [-0.3, -0.25) is 0 Å². The summed E-state index contributed by atoms with van der Waals surface area (Å²) in [7, 11) is 3.16. The van der Waals surface area contributed by atoms with Crippen molar-refractivity contribution in [3.63, 3.8) is 0 Å². The maximum Gasteiger partial charge on any atom is 0.336 e. The van der Waals surface area contributed by atoms with Crippen LogP contribution in [0.2, 0.25) is 0 Å². The number of aromatic carboxylic acids is 1. The summed E-state index contributed by atoms with van der Waals surface area (Å²) in [6.07, 6.45) is 0. The molecule has 4 nitrogen and oxygen atoms in total. The van der Waals surface area contributed by atoms with E-state index in [-0.39, 0.29) is 5.56 Å². The monoisotopic (exact) mass is 416 g/mol. The number of methoxy groups -OCH3 is 2. The zero-order chi connectivity index (χ0) is 15.4. The lowest BCUT2D eigenvalue weighted by atomic mass is 10.2. The molecule has 21 heavy (non-hydrogen) atoms. The molecule has 0 saturated heterocycles. The number of carbonyl (C=O) groups is 1. The van der Waals surface area contributed by atoms with Crippen LogP contribution in [0.15, 0.2) is 46.2 Å². The Kier molecular flexibility index (Phi) is 5.35. The fourth-order valence-electron chi connectivity index (χ4n) is 1.72. The van der Waals surface area contributed by atoms with Crippen LogP contribution in [0.5, 0.6) is 11.5 Å². The van der Waals surface area contributed by atoms with Crippen molar-refractivity contribution in [3.8, 4) is 11.5 Å². The minimum Gasteiger partial charge on any atom is -0.497 e. The normalized spacial score (nSPS) is 10.2. The first-order chi connectivity index (χ1) is 10.0. The molecular formula is C15H13IO4S. The first kappa shape index (κ1) is 16.0. The van der Waals surface area contributed by atoms with Crippen molar-refractivity contribution < 1.29 is 19.4 Å². The SMILES string of the molecule is COc1cc(OC)cc(Sc2cc(I)ccc2C(=O)O)c1. The van der Waals surface area contributed by atoms with Gasteiger partial charge in [0, 0.05) is 19.4 Å². The van der Waals surface area contributed by atoms with Crippen LogP contribution in [0.3, 0.4) is 0 Å². The molecule has 0 heterocycles. The summed E-state index contributed by atoms with van der Waals surface area (Å²) < 4.78 is 11.4. The molecule has 0 aromatic heterocycles. The van der Waals surface area contributed by atoms with Gasteiger partial charge in [-0.2, -0.15) is 0 Å². The Balaban J connectivity index is 2.42. The standard InChI is InChI=1S/C15H13IO4S/c1-19-10-6-11(20-2)8-12(7-10)21-14-5-9(16)3-4-13(14)15(17)18/h3-8H,1-2H3,(H,17,18). The maximum absolute atomic E-state index is 11.3. The average Bonchev–Trinajstić information content (AvgIpc) is 2.46. The van der Waals surface area contributed by atoms with E-state index in [1.807, 2.05) is 18.2 Å². The molecule has 6 heteroatoms. The van der Waals surface area contributed by atoms with Crippen molar-refractivity contribution in [1.82, 2.24) is 0 Å². The minimum absolute atomic E-state index is 0.280. The van der Waals surface area contributed by atoms with E-state index < -0.39 is 5.97 Å². The summed E-state index contributed by atoms with van der Waals surface area (Å²) in [5.74, 6) is 0.391. The van der Waals surface area contributed by atoms with E-state index in [2.05, 4.69) is 22.6 Å². The van der Waals surface area contributed by atoms with E-state index in [1.165, 1.54) is 11.8 Å². The number of rotatable bonds is 5. The smallest absolute Gasteiger partial charge is 0.336 e. The summed E-state index contributed by atoms with van der Waals surface area (Å²) in [6, 6.07) is 10.7. The molecule has 110 valence electrons. The van der Waals surface area contributed by atoms with Gasteiger partial charge >= 0.3 is 5.97 Å². The van der Waals surface area contributed by atoms with Crippen molar-refractivity contribution in [2.45, 2.75) is 9.79 Å². The fourth-order valence-corrected chi connectivity index (χ4v) is 3.48. The van der Waals surface area contributed by atoms with Gasteiger partial charge in [0.1, 0.15) is 11.5 Å². The predicted molar refractivity (Wildman–Crippen MR) is 89.8 cm³/mol. The molecule has 0 spiro atoms. The quantitative estimate of drug-likeness (QED) is 0.743. The Morgan fingerprint density at radius 2 is 1.71 bits per heavy atom. The predicted octanol–water partition coefficient (Wildman–Crippen LogP) is 4.16. The van der Waals surface area contributed by atoms with Gasteiger partial charge in [0.25, 0.3) is 0 Å². The summed E-state index contributed by atoms with van der Waals surface area (Å²) in [5, 5.41) is 9.27. The van der Waals surface area contributed by atoms with Crippen molar-refractivity contribution in [2.75, 3.05) is 14.2 Å². The van der Waals surface area contributed by atoms with Gasteiger partial charge in [-0.25, -0.2) is 4.79 Å². The molecule has 0 saturated carbocycles. The molecule has 0 aliphatic rings. The van der Waals surface area contributed by atoms with Crippen LogP contribution in [-0.4, -0.2) is 25.3 Å². The van der Waals surface area contributed by atoms with Gasteiger partial charge in [0.15, 0.2) is 0 Å². The number of hydrogen-bond acceptors (Lipinski definition) is 4. The Labute approximate surface area is 140 Å². The Morgan fingerprint density at radius 1 is 1.10 bits per heavy atom. The molecule has 0 unspecified atom stereocenters. The molecule has 0 radical (unpaired) electrons. The fraction of sp³-hybridized carbons (Fsp3) is 0.133. The summed E-state index contributed by atoms with van der Waals surface area (Å²) >= 11 is 3.53. The summed E-state index contributed by atoms with van der Waals surface area (Å²) in [6.45, 7) is 0. The van der Waals surface area contributed by atoms with Gasteiger partial charge in [0.2, 0.25) is 0 Å². The molecule has 0 fully saturated rings. The van der Waals surface area contributed by atoms with E-state index in [9.17, 15) is 9.90 Å². The van der Waals surface area contributed by atoms with Crippen LogP contribution in [0.1, 0.15) is 10.4 Å². The highest BCUT2D eigenvalue weighted by atomic mass is 127. The Morgan fingerprint density at radius 3 is 2.24 bits per heavy atom. The third-order valence-electron chi connectivity index (χ3n) is 2.73. The number of carboxylic acids is 1. The van der Waals surface area contributed by atoms with Gasteiger partial charge < -0.3 is 14.6 Å². The Bertz CT molecular complexity index is 650. The van der Waals surface area contributed by atoms with E-state index >= 15 is 0 Å². The zero-order valence-electron chi connectivity index (χ0n) is 11.4. The molecular weight excluding hydrogens is 403 g/mol. The van der Waals surface area contributed by atoms with Crippen LogP contribution in [0.4, 0.5) is 0 Å². The largest absolute Gasteiger partial charge is 0.497 e. The van der Waals surface area contributed by atoms with Gasteiger partial charge in [0.05, 0.1) is 19.8 Å². The summed E-state index contributed by atoms with van der Waals surface area (Å²) in [5.41, 5.74) is 0.280. The zero-order valence-corrected chi connectivity index (χ0v) is 14.4. The lowest BCUT2D eigenvalue weighted by Crippen LogP contribution is -1.99. The molecule has 0 aliphatic heterocycles. The molecule has 2 aromatic rings. The number of ether oxygens (including phenoxy) is 2. The van der Waals surface area contributed by atoms with Crippen molar-refractivity contribution >= 4 is 40.3 Å². The molecule has 2 aromatic carbocycles. The number of hydrogen-bond donors (Lipinski definition) is 1. The molecule has 0 aliphatic carbocycles. The minimum atomic E-state index is -0.941. The van der Waals surface area contributed by atoms with E-state index in [0.717, 1.165) is 8.47 Å². The van der Waals surface area contributed by atoms with E-state index in [1.54, 1.807) is 32.4 Å². The first-order valence-electron chi connectivity index (χ1n) is 5.97.